The van der Waals surface area contributed by atoms with Crippen molar-refractivity contribution in [2.75, 3.05) is 27.4 Å². The average Bonchev–Trinajstić information content (AvgIpc) is 2.82. The van der Waals surface area contributed by atoms with E-state index in [4.69, 9.17) is 18.9 Å². The molecule has 0 saturated heterocycles. The molecule has 0 atom stereocenters. The first kappa shape index (κ1) is 25.2. The molecule has 34 heavy (non-hydrogen) atoms. The smallest absolute Gasteiger partial charge is 0.344 e. The van der Waals surface area contributed by atoms with Crippen LogP contribution in [-0.4, -0.2) is 49.3 Å². The minimum absolute atomic E-state index is 0.0411. The van der Waals surface area contributed by atoms with Crippen LogP contribution >= 0.6 is 15.9 Å². The lowest BCUT2D eigenvalue weighted by atomic mass is 10.2. The third-order valence-corrected chi connectivity index (χ3v) is 5.29. The lowest BCUT2D eigenvalue weighted by molar-refractivity contribution is -0.145. The molecule has 180 valence electrons. The normalized spacial score (nSPS) is 11.3. The molecule has 3 aromatic rings. The zero-order valence-electron chi connectivity index (χ0n) is 19.6. The molecule has 0 spiro atoms. The number of esters is 1. The summed E-state index contributed by atoms with van der Waals surface area (Å²) in [7, 11) is 2.94. The largest absolute Gasteiger partial charge is 0.493 e. The monoisotopic (exact) mass is 531 g/mol. The summed E-state index contributed by atoms with van der Waals surface area (Å²) < 4.78 is 23.4. The Morgan fingerprint density at radius 1 is 1.18 bits per heavy atom. The van der Waals surface area contributed by atoms with Crippen LogP contribution in [0.5, 0.6) is 17.2 Å². The number of hydrogen-bond donors (Lipinski definition) is 0. The molecule has 0 aliphatic rings. The van der Waals surface area contributed by atoms with Crippen molar-refractivity contribution in [2.24, 2.45) is 5.10 Å². The van der Waals surface area contributed by atoms with Gasteiger partial charge in [-0.25, -0.2) is 9.78 Å². The van der Waals surface area contributed by atoms with Crippen LogP contribution in [0.4, 0.5) is 0 Å². The van der Waals surface area contributed by atoms with Gasteiger partial charge in [0, 0.05) is 16.0 Å². The molecule has 0 bridgehead atoms. The third-order valence-electron chi connectivity index (χ3n) is 4.79. The Morgan fingerprint density at radius 2 is 1.85 bits per heavy atom. The van der Waals surface area contributed by atoms with Gasteiger partial charge in [0.2, 0.25) is 5.75 Å². The Morgan fingerprint density at radius 3 is 2.44 bits per heavy atom. The van der Waals surface area contributed by atoms with Crippen LogP contribution in [0.1, 0.15) is 38.1 Å². The molecule has 2 aromatic carbocycles. The predicted octanol–water partition coefficient (Wildman–Crippen LogP) is 4.12. The highest BCUT2D eigenvalue weighted by Gasteiger charge is 2.17. The van der Waals surface area contributed by atoms with E-state index in [9.17, 15) is 9.59 Å². The fourth-order valence-electron chi connectivity index (χ4n) is 3.23. The maximum atomic E-state index is 13.2. The van der Waals surface area contributed by atoms with Crippen LogP contribution in [0.2, 0.25) is 0 Å². The van der Waals surface area contributed by atoms with E-state index in [1.165, 1.54) is 25.1 Å². The summed E-state index contributed by atoms with van der Waals surface area (Å²) in [6.07, 6.45) is 1.51. The zero-order chi connectivity index (χ0) is 24.8. The van der Waals surface area contributed by atoms with Gasteiger partial charge in [-0.2, -0.15) is 9.78 Å². The molecule has 0 aliphatic heterocycles. The van der Waals surface area contributed by atoms with Crippen LogP contribution in [0.25, 0.3) is 10.9 Å². The number of fused-ring (bicyclic) bond motifs is 1. The minimum atomic E-state index is -0.506. The number of benzene rings is 2. The number of aromatic nitrogens is 2. The van der Waals surface area contributed by atoms with E-state index in [-0.39, 0.29) is 30.4 Å². The second-order valence-electron chi connectivity index (χ2n) is 7.50. The van der Waals surface area contributed by atoms with Crippen molar-refractivity contribution in [3.05, 3.63) is 56.5 Å². The molecule has 0 saturated carbocycles. The summed E-state index contributed by atoms with van der Waals surface area (Å²) >= 11 is 3.40. The van der Waals surface area contributed by atoms with Crippen molar-refractivity contribution in [3.8, 4) is 17.2 Å². The molecule has 9 nitrogen and oxygen atoms in total. The highest BCUT2D eigenvalue weighted by molar-refractivity contribution is 9.10. The zero-order valence-corrected chi connectivity index (χ0v) is 21.2. The Kier molecular flexibility index (Phi) is 8.27. The molecule has 3 rings (SSSR count). The maximum Gasteiger partial charge on any atom is 0.344 e. The molecule has 0 N–H and O–H groups in total. The minimum Gasteiger partial charge on any atom is -0.493 e. The van der Waals surface area contributed by atoms with Crippen LogP contribution in [0, 0.1) is 0 Å². The number of ether oxygens (including phenoxy) is 4. The van der Waals surface area contributed by atoms with Crippen LogP contribution in [0.15, 0.2) is 44.7 Å². The standard InChI is InChI=1S/C24H26BrN3O6/c1-6-33-21(29)13-34-22-19(31-4)9-15(10-20(22)32-5)12-26-28-23(14(2)3)27-18-8-7-16(25)11-17(18)24(28)30/h7-12,14H,6,13H2,1-5H3. The van der Waals surface area contributed by atoms with Gasteiger partial charge in [0.1, 0.15) is 5.82 Å². The molecule has 1 heterocycles. The lowest BCUT2D eigenvalue weighted by Crippen LogP contribution is -2.23. The van der Waals surface area contributed by atoms with E-state index in [2.05, 4.69) is 26.0 Å². The van der Waals surface area contributed by atoms with Crippen molar-refractivity contribution in [1.29, 1.82) is 0 Å². The van der Waals surface area contributed by atoms with Crippen LogP contribution in [-0.2, 0) is 9.53 Å². The summed E-state index contributed by atoms with van der Waals surface area (Å²) in [4.78, 5) is 29.5. The number of rotatable bonds is 9. The topological polar surface area (TPSA) is 101 Å². The van der Waals surface area contributed by atoms with Crippen molar-refractivity contribution in [3.63, 3.8) is 0 Å². The van der Waals surface area contributed by atoms with E-state index < -0.39 is 5.97 Å². The summed E-state index contributed by atoms with van der Waals surface area (Å²) in [6.45, 7) is 5.57. The van der Waals surface area contributed by atoms with Gasteiger partial charge in [0.05, 0.1) is 37.9 Å². The molecule has 0 amide bonds. The van der Waals surface area contributed by atoms with Crippen molar-refractivity contribution in [2.45, 2.75) is 26.7 Å². The highest BCUT2D eigenvalue weighted by atomic mass is 79.9. The first-order chi connectivity index (χ1) is 16.3. The molecular formula is C24H26BrN3O6. The number of methoxy groups -OCH3 is 2. The molecular weight excluding hydrogens is 506 g/mol. The number of nitrogens with zero attached hydrogens (tertiary/aromatic N) is 3. The van der Waals surface area contributed by atoms with Crippen molar-refractivity contribution >= 4 is 39.0 Å². The van der Waals surface area contributed by atoms with Crippen molar-refractivity contribution in [1.82, 2.24) is 9.66 Å². The maximum absolute atomic E-state index is 13.2. The molecule has 0 aliphatic carbocycles. The van der Waals surface area contributed by atoms with Gasteiger partial charge in [0.25, 0.3) is 5.56 Å². The van der Waals surface area contributed by atoms with Crippen LogP contribution in [0.3, 0.4) is 0 Å². The molecule has 0 radical (unpaired) electrons. The average molecular weight is 532 g/mol. The van der Waals surface area contributed by atoms with Gasteiger partial charge in [-0.05, 0) is 37.3 Å². The van der Waals surface area contributed by atoms with Crippen molar-refractivity contribution < 1.29 is 23.7 Å². The summed E-state index contributed by atoms with van der Waals surface area (Å²) in [5.74, 6) is 0.912. The molecule has 0 fully saturated rings. The van der Waals surface area contributed by atoms with E-state index in [1.807, 2.05) is 19.9 Å². The van der Waals surface area contributed by atoms with Gasteiger partial charge >= 0.3 is 5.97 Å². The number of carbonyl (C=O) groups is 1. The van der Waals surface area contributed by atoms with Gasteiger partial charge < -0.3 is 18.9 Å². The quantitative estimate of drug-likeness (QED) is 0.302. The molecule has 1 aromatic heterocycles. The molecule has 0 unspecified atom stereocenters. The SMILES string of the molecule is CCOC(=O)COc1c(OC)cc(C=Nn2c(C(C)C)nc3ccc(Br)cc3c2=O)cc1OC. The van der Waals surface area contributed by atoms with Crippen LogP contribution < -0.4 is 19.8 Å². The fourth-order valence-corrected chi connectivity index (χ4v) is 3.59. The van der Waals surface area contributed by atoms with Gasteiger partial charge in [-0.1, -0.05) is 29.8 Å². The Balaban J connectivity index is 2.03. The van der Waals surface area contributed by atoms with Gasteiger partial charge in [-0.3, -0.25) is 4.79 Å². The third kappa shape index (κ3) is 5.56. The van der Waals surface area contributed by atoms with E-state index >= 15 is 0 Å². The highest BCUT2D eigenvalue weighted by Crippen LogP contribution is 2.38. The summed E-state index contributed by atoms with van der Waals surface area (Å²) in [5, 5.41) is 4.88. The number of carbonyl (C=O) groups excluding carboxylic acids is 1. The lowest BCUT2D eigenvalue weighted by Gasteiger charge is -2.15. The van der Waals surface area contributed by atoms with E-state index in [0.717, 1.165) is 4.47 Å². The predicted molar refractivity (Wildman–Crippen MR) is 132 cm³/mol. The number of halogens is 1. The first-order valence-corrected chi connectivity index (χ1v) is 11.4. The number of hydrogen-bond acceptors (Lipinski definition) is 8. The Bertz CT molecular complexity index is 1260. The Hall–Kier alpha value is -3.40. The fraction of sp³-hybridized carbons (Fsp3) is 0.333. The summed E-state index contributed by atoms with van der Waals surface area (Å²) in [6, 6.07) is 8.69. The summed E-state index contributed by atoms with van der Waals surface area (Å²) in [5.41, 5.74) is 0.919. The van der Waals surface area contributed by atoms with E-state index in [0.29, 0.717) is 33.8 Å². The first-order valence-electron chi connectivity index (χ1n) is 10.6. The second kappa shape index (κ2) is 11.1. The van der Waals surface area contributed by atoms with Gasteiger partial charge in [0.15, 0.2) is 18.1 Å². The molecule has 10 heteroatoms. The second-order valence-corrected chi connectivity index (χ2v) is 8.41. The van der Waals surface area contributed by atoms with E-state index in [1.54, 1.807) is 31.2 Å². The van der Waals surface area contributed by atoms with Gasteiger partial charge in [-0.15, -0.1) is 0 Å². The Labute approximate surface area is 205 Å².